The summed E-state index contributed by atoms with van der Waals surface area (Å²) in [7, 11) is -1.61. The highest BCUT2D eigenvalue weighted by molar-refractivity contribution is 7.58. The molecule has 0 N–H and O–H groups in total. The quantitative estimate of drug-likeness (QED) is 0.383. The van der Waals surface area contributed by atoms with E-state index in [0.29, 0.717) is 5.54 Å². The van der Waals surface area contributed by atoms with Gasteiger partial charge in [-0.15, -0.1) is 0 Å². The minimum absolute atomic E-state index is 0.574. The van der Waals surface area contributed by atoms with E-state index >= 15 is 0 Å². The molecule has 0 aliphatic heterocycles. The maximum atomic E-state index is 7.08. The summed E-state index contributed by atoms with van der Waals surface area (Å²) < 4.78 is 0. The van der Waals surface area contributed by atoms with Crippen LogP contribution in [0.1, 0.15) is 41.1 Å². The second-order valence-electron chi connectivity index (χ2n) is 9.13. The number of halogens is 1. The van der Waals surface area contributed by atoms with Crippen molar-refractivity contribution in [2.45, 2.75) is 57.9 Å². The minimum atomic E-state index is -1.71. The molecular formula is C23H29ClSi2. The second kappa shape index (κ2) is 6.22. The van der Waals surface area contributed by atoms with Crippen molar-refractivity contribution in [3.8, 4) is 11.1 Å². The Kier molecular flexibility index (Phi) is 4.37. The van der Waals surface area contributed by atoms with Crippen LogP contribution in [0.5, 0.6) is 0 Å². The number of benzene rings is 2. The van der Waals surface area contributed by atoms with Crippen LogP contribution in [-0.4, -0.2) is 14.5 Å². The lowest BCUT2D eigenvalue weighted by Crippen LogP contribution is -2.55. The summed E-state index contributed by atoms with van der Waals surface area (Å²) in [6, 6.07) is 13.6. The molecular weight excluding hydrogens is 368 g/mol. The topological polar surface area (TPSA) is 0 Å². The van der Waals surface area contributed by atoms with Crippen LogP contribution in [0.4, 0.5) is 0 Å². The molecule has 2 aliphatic rings. The lowest BCUT2D eigenvalue weighted by molar-refractivity contribution is 0.911. The van der Waals surface area contributed by atoms with Crippen molar-refractivity contribution >= 4 is 31.6 Å². The van der Waals surface area contributed by atoms with E-state index in [9.17, 15) is 0 Å². The number of hydrogen-bond donors (Lipinski definition) is 0. The standard InChI is InChI=1S/C23H29ClSi2/c1-16-14-20-21(23(16)25(2,3)26(4,5)24)15-18-12-9-13-19(18)22(20)17-10-7-6-8-11-17/h6-8,10-11,14-15,23H,9,12-13H2,1-5H3. The fraction of sp³-hybridized carbons (Fsp3) is 0.391. The third-order valence-electron chi connectivity index (χ3n) is 6.93. The Labute approximate surface area is 164 Å². The van der Waals surface area contributed by atoms with Crippen molar-refractivity contribution in [3.63, 3.8) is 0 Å². The van der Waals surface area contributed by atoms with Crippen LogP contribution in [0.3, 0.4) is 0 Å². The predicted molar refractivity (Wildman–Crippen MR) is 121 cm³/mol. The van der Waals surface area contributed by atoms with Gasteiger partial charge in [-0.2, -0.15) is 11.1 Å². The Bertz CT molecular complexity index is 889. The summed E-state index contributed by atoms with van der Waals surface area (Å²) in [5, 5.41) is 0. The van der Waals surface area contributed by atoms with E-state index in [-0.39, 0.29) is 0 Å². The molecule has 0 nitrogen and oxygen atoms in total. The molecule has 4 rings (SSSR count). The number of aryl methyl sites for hydroxylation is 1. The van der Waals surface area contributed by atoms with Gasteiger partial charge in [0.25, 0.3) is 0 Å². The van der Waals surface area contributed by atoms with Gasteiger partial charge in [-0.3, -0.25) is 0 Å². The van der Waals surface area contributed by atoms with Crippen LogP contribution in [-0.2, 0) is 12.8 Å². The van der Waals surface area contributed by atoms with Crippen LogP contribution in [0.2, 0.25) is 26.2 Å². The van der Waals surface area contributed by atoms with Crippen molar-refractivity contribution in [2.24, 2.45) is 0 Å². The minimum Gasteiger partial charge on any atom is -0.171 e. The predicted octanol–water partition coefficient (Wildman–Crippen LogP) is 7.11. The SMILES string of the molecule is CC1=Cc2c(cc3c(c2-c2ccccc2)CCC3)C1[Si](C)(C)[Si](C)(C)Cl. The molecule has 0 bridgehead atoms. The smallest absolute Gasteiger partial charge is 0.141 e. The molecule has 2 aromatic rings. The summed E-state index contributed by atoms with van der Waals surface area (Å²) in [6.45, 7) is 10.4. The van der Waals surface area contributed by atoms with Gasteiger partial charge in [-0.1, -0.05) is 74.2 Å². The molecule has 0 amide bonds. The van der Waals surface area contributed by atoms with Crippen LogP contribution in [0.15, 0.2) is 42.0 Å². The van der Waals surface area contributed by atoms with E-state index in [4.69, 9.17) is 11.1 Å². The first-order chi connectivity index (χ1) is 12.2. The molecule has 0 heterocycles. The highest BCUT2D eigenvalue weighted by Crippen LogP contribution is 2.51. The molecule has 1 atom stereocenters. The van der Waals surface area contributed by atoms with E-state index in [2.05, 4.69) is 75.6 Å². The zero-order valence-electron chi connectivity index (χ0n) is 16.6. The molecule has 2 aromatic carbocycles. The van der Waals surface area contributed by atoms with Gasteiger partial charge in [0.1, 0.15) is 6.90 Å². The molecule has 3 heteroatoms. The first-order valence-electron chi connectivity index (χ1n) is 9.83. The normalized spacial score (nSPS) is 19.3. The lowest BCUT2D eigenvalue weighted by Gasteiger charge is -2.40. The third kappa shape index (κ3) is 2.69. The van der Waals surface area contributed by atoms with Crippen molar-refractivity contribution < 1.29 is 0 Å². The van der Waals surface area contributed by atoms with Crippen LogP contribution < -0.4 is 0 Å². The van der Waals surface area contributed by atoms with Crippen molar-refractivity contribution in [1.82, 2.24) is 0 Å². The van der Waals surface area contributed by atoms with Gasteiger partial charge in [0.2, 0.25) is 0 Å². The maximum absolute atomic E-state index is 7.08. The monoisotopic (exact) mass is 396 g/mol. The second-order valence-corrected chi connectivity index (χ2v) is 27.5. The highest BCUT2D eigenvalue weighted by Gasteiger charge is 2.49. The molecule has 0 saturated heterocycles. The Morgan fingerprint density at radius 1 is 1.00 bits per heavy atom. The van der Waals surface area contributed by atoms with E-state index in [1.54, 1.807) is 22.3 Å². The Morgan fingerprint density at radius 2 is 1.69 bits per heavy atom. The van der Waals surface area contributed by atoms with Gasteiger partial charge in [0.15, 0.2) is 0 Å². The van der Waals surface area contributed by atoms with Gasteiger partial charge >= 0.3 is 0 Å². The Hall–Kier alpha value is -1.10. The number of allylic oxidation sites excluding steroid dienone is 1. The third-order valence-corrected chi connectivity index (χ3v) is 26.6. The first-order valence-corrected chi connectivity index (χ1v) is 17.9. The molecule has 1 unspecified atom stereocenters. The molecule has 0 spiro atoms. The summed E-state index contributed by atoms with van der Waals surface area (Å²) in [5.41, 5.74) is 11.3. The molecule has 0 fully saturated rings. The largest absolute Gasteiger partial charge is 0.171 e. The van der Waals surface area contributed by atoms with E-state index < -0.39 is 14.5 Å². The van der Waals surface area contributed by atoms with E-state index in [1.165, 1.54) is 36.0 Å². The molecule has 0 aromatic heterocycles. The van der Waals surface area contributed by atoms with E-state index in [0.717, 1.165) is 0 Å². The van der Waals surface area contributed by atoms with E-state index in [1.807, 2.05) is 0 Å². The van der Waals surface area contributed by atoms with Gasteiger partial charge in [0.05, 0.1) is 7.59 Å². The maximum Gasteiger partial charge on any atom is 0.141 e. The van der Waals surface area contributed by atoms with Crippen LogP contribution in [0.25, 0.3) is 17.2 Å². The molecule has 0 saturated carbocycles. The van der Waals surface area contributed by atoms with Gasteiger partial charge < -0.3 is 0 Å². The van der Waals surface area contributed by atoms with Gasteiger partial charge in [-0.25, -0.2) is 0 Å². The van der Waals surface area contributed by atoms with Gasteiger partial charge in [-0.05, 0) is 65.1 Å². The average molecular weight is 397 g/mol. The Morgan fingerprint density at radius 3 is 2.35 bits per heavy atom. The zero-order valence-corrected chi connectivity index (χ0v) is 19.4. The summed E-state index contributed by atoms with van der Waals surface area (Å²) in [6.07, 6.45) is 6.24. The van der Waals surface area contributed by atoms with Crippen LogP contribution >= 0.6 is 11.1 Å². The zero-order chi connectivity index (χ0) is 18.7. The van der Waals surface area contributed by atoms with Crippen molar-refractivity contribution in [3.05, 3.63) is 64.2 Å². The number of hydrogen-bond acceptors (Lipinski definition) is 0. The highest BCUT2D eigenvalue weighted by atomic mass is 35.6. The first kappa shape index (κ1) is 18.3. The van der Waals surface area contributed by atoms with Crippen molar-refractivity contribution in [1.29, 1.82) is 0 Å². The molecule has 26 heavy (non-hydrogen) atoms. The van der Waals surface area contributed by atoms with Crippen molar-refractivity contribution in [2.75, 3.05) is 0 Å². The summed E-state index contributed by atoms with van der Waals surface area (Å²) in [5.74, 6) is 0. The average Bonchev–Trinajstić information content (AvgIpc) is 3.15. The summed E-state index contributed by atoms with van der Waals surface area (Å²) in [4.78, 5) is 0. The molecule has 136 valence electrons. The van der Waals surface area contributed by atoms with Crippen LogP contribution in [0, 0.1) is 0 Å². The summed E-state index contributed by atoms with van der Waals surface area (Å²) >= 11 is 7.08. The lowest BCUT2D eigenvalue weighted by atomic mass is 9.89. The fourth-order valence-corrected chi connectivity index (χ4v) is 12.1. The Balaban J connectivity index is 1.98. The number of fused-ring (bicyclic) bond motifs is 2. The molecule has 0 radical (unpaired) electrons. The molecule has 2 aliphatic carbocycles. The van der Waals surface area contributed by atoms with Gasteiger partial charge in [0, 0.05) is 0 Å². The fourth-order valence-electron chi connectivity index (χ4n) is 4.97. The number of rotatable bonds is 3.